The molecule has 1 aliphatic heterocycles. The lowest BCUT2D eigenvalue weighted by Crippen LogP contribution is -2.32. The van der Waals surface area contributed by atoms with Crippen LogP contribution in [-0.4, -0.2) is 11.8 Å². The normalized spacial score (nSPS) is 19.2. The highest BCUT2D eigenvalue weighted by Crippen LogP contribution is 2.36. The number of carbonyl (C=O) groups excluding carboxylic acids is 2. The second kappa shape index (κ2) is 3.70. The topological polar surface area (TPSA) is 37.4 Å². The Morgan fingerprint density at radius 1 is 0.941 bits per heavy atom. The van der Waals surface area contributed by atoms with Crippen LogP contribution in [0.2, 0.25) is 5.02 Å². The molecule has 1 aliphatic carbocycles. The predicted octanol–water partition coefficient (Wildman–Crippen LogP) is 2.69. The Kier molecular flexibility index (Phi) is 2.30. The molecule has 0 radical (unpaired) electrons. The van der Waals surface area contributed by atoms with Gasteiger partial charge in [-0.2, -0.15) is 0 Å². The third-order valence-electron chi connectivity index (χ3n) is 3.23. The summed E-state index contributed by atoms with van der Waals surface area (Å²) in [5.41, 5.74) is 1.99. The van der Waals surface area contributed by atoms with Crippen molar-refractivity contribution in [3.05, 3.63) is 40.4 Å². The SMILES string of the molecule is O=C1C2=C(CCC2)C(=O)N1c1ccc(Cl)cc1. The summed E-state index contributed by atoms with van der Waals surface area (Å²) >= 11 is 5.79. The van der Waals surface area contributed by atoms with Gasteiger partial charge in [-0.15, -0.1) is 0 Å². The van der Waals surface area contributed by atoms with Crippen molar-refractivity contribution in [2.45, 2.75) is 19.3 Å². The Balaban J connectivity index is 1.99. The number of hydrogen-bond donors (Lipinski definition) is 0. The van der Waals surface area contributed by atoms with Gasteiger partial charge in [0.1, 0.15) is 0 Å². The number of amides is 2. The largest absolute Gasteiger partial charge is 0.269 e. The maximum Gasteiger partial charge on any atom is 0.261 e. The van der Waals surface area contributed by atoms with Gasteiger partial charge in [-0.05, 0) is 43.5 Å². The first-order valence-electron chi connectivity index (χ1n) is 5.55. The van der Waals surface area contributed by atoms with Gasteiger partial charge in [0.15, 0.2) is 0 Å². The van der Waals surface area contributed by atoms with Crippen LogP contribution in [0, 0.1) is 0 Å². The fraction of sp³-hybridized carbons (Fsp3) is 0.231. The maximum atomic E-state index is 12.1. The van der Waals surface area contributed by atoms with E-state index >= 15 is 0 Å². The molecule has 0 saturated heterocycles. The molecule has 1 aromatic rings. The predicted molar refractivity (Wildman–Crippen MR) is 64.8 cm³/mol. The van der Waals surface area contributed by atoms with Crippen LogP contribution in [0.4, 0.5) is 5.69 Å². The van der Waals surface area contributed by atoms with Crippen molar-refractivity contribution in [2.75, 3.05) is 4.90 Å². The van der Waals surface area contributed by atoms with Crippen LogP contribution < -0.4 is 4.90 Å². The summed E-state index contributed by atoms with van der Waals surface area (Å²) in [6, 6.07) is 6.75. The minimum atomic E-state index is -0.162. The minimum Gasteiger partial charge on any atom is -0.269 e. The van der Waals surface area contributed by atoms with E-state index in [1.165, 1.54) is 4.90 Å². The number of imide groups is 1. The molecule has 0 aromatic heterocycles. The van der Waals surface area contributed by atoms with Crippen molar-refractivity contribution in [2.24, 2.45) is 0 Å². The molecule has 86 valence electrons. The average Bonchev–Trinajstić information content (AvgIpc) is 2.87. The van der Waals surface area contributed by atoms with E-state index in [-0.39, 0.29) is 11.8 Å². The second-order valence-electron chi connectivity index (χ2n) is 4.23. The second-order valence-corrected chi connectivity index (χ2v) is 4.67. The van der Waals surface area contributed by atoms with Crippen molar-refractivity contribution < 1.29 is 9.59 Å². The van der Waals surface area contributed by atoms with Crippen molar-refractivity contribution in [3.8, 4) is 0 Å². The summed E-state index contributed by atoms with van der Waals surface area (Å²) in [6.45, 7) is 0. The fourth-order valence-corrected chi connectivity index (χ4v) is 2.53. The highest BCUT2D eigenvalue weighted by atomic mass is 35.5. The van der Waals surface area contributed by atoms with Gasteiger partial charge in [-0.1, -0.05) is 11.6 Å². The number of halogens is 1. The van der Waals surface area contributed by atoms with Crippen LogP contribution in [0.5, 0.6) is 0 Å². The highest BCUT2D eigenvalue weighted by Gasteiger charge is 2.40. The summed E-state index contributed by atoms with van der Waals surface area (Å²) in [4.78, 5) is 25.4. The zero-order chi connectivity index (χ0) is 12.0. The molecule has 0 saturated carbocycles. The van der Waals surface area contributed by atoms with E-state index in [1.807, 2.05) is 0 Å². The van der Waals surface area contributed by atoms with Crippen LogP contribution in [0.1, 0.15) is 19.3 Å². The van der Waals surface area contributed by atoms with E-state index < -0.39 is 0 Å². The fourth-order valence-electron chi connectivity index (χ4n) is 2.40. The molecule has 0 N–H and O–H groups in total. The molecule has 0 fully saturated rings. The molecule has 3 rings (SSSR count). The molecule has 4 heteroatoms. The van der Waals surface area contributed by atoms with Crippen LogP contribution in [0.15, 0.2) is 35.4 Å². The average molecular weight is 248 g/mol. The van der Waals surface area contributed by atoms with E-state index in [0.29, 0.717) is 21.9 Å². The summed E-state index contributed by atoms with van der Waals surface area (Å²) in [5.74, 6) is -0.324. The van der Waals surface area contributed by atoms with Crippen LogP contribution in [0.25, 0.3) is 0 Å². The highest BCUT2D eigenvalue weighted by molar-refractivity contribution is 6.33. The summed E-state index contributed by atoms with van der Waals surface area (Å²) in [7, 11) is 0. The van der Waals surface area contributed by atoms with E-state index in [1.54, 1.807) is 24.3 Å². The Morgan fingerprint density at radius 3 is 2.00 bits per heavy atom. The van der Waals surface area contributed by atoms with E-state index in [4.69, 9.17) is 11.6 Å². The summed E-state index contributed by atoms with van der Waals surface area (Å²) < 4.78 is 0. The number of benzene rings is 1. The van der Waals surface area contributed by atoms with Gasteiger partial charge in [0.25, 0.3) is 11.8 Å². The molecule has 1 aromatic carbocycles. The number of hydrogen-bond acceptors (Lipinski definition) is 2. The zero-order valence-electron chi connectivity index (χ0n) is 9.07. The molecule has 3 nitrogen and oxygen atoms in total. The van der Waals surface area contributed by atoms with E-state index in [9.17, 15) is 9.59 Å². The number of anilines is 1. The minimum absolute atomic E-state index is 0.162. The first-order chi connectivity index (χ1) is 8.18. The first kappa shape index (κ1) is 10.5. The first-order valence-corrected chi connectivity index (χ1v) is 5.92. The lowest BCUT2D eigenvalue weighted by atomic mass is 10.2. The smallest absolute Gasteiger partial charge is 0.261 e. The molecule has 17 heavy (non-hydrogen) atoms. The maximum absolute atomic E-state index is 12.1. The van der Waals surface area contributed by atoms with Gasteiger partial charge in [0.05, 0.1) is 5.69 Å². The van der Waals surface area contributed by atoms with Crippen LogP contribution >= 0.6 is 11.6 Å². The molecule has 0 bridgehead atoms. The van der Waals surface area contributed by atoms with Crippen molar-refractivity contribution in [1.82, 2.24) is 0 Å². The molecule has 0 atom stereocenters. The van der Waals surface area contributed by atoms with Gasteiger partial charge in [-0.25, -0.2) is 4.90 Å². The lowest BCUT2D eigenvalue weighted by molar-refractivity contribution is -0.120. The zero-order valence-corrected chi connectivity index (χ0v) is 9.83. The third-order valence-corrected chi connectivity index (χ3v) is 3.48. The number of nitrogens with zero attached hydrogens (tertiary/aromatic N) is 1. The van der Waals surface area contributed by atoms with Gasteiger partial charge in [-0.3, -0.25) is 9.59 Å². The van der Waals surface area contributed by atoms with Gasteiger partial charge < -0.3 is 0 Å². The standard InChI is InChI=1S/C13H10ClNO2/c14-8-4-6-9(7-5-8)15-12(16)10-2-1-3-11(10)13(15)17/h4-7H,1-3H2. The molecule has 2 aliphatic rings. The molecule has 0 spiro atoms. The monoisotopic (exact) mass is 247 g/mol. The van der Waals surface area contributed by atoms with Crippen LogP contribution in [0.3, 0.4) is 0 Å². The number of carbonyl (C=O) groups is 2. The van der Waals surface area contributed by atoms with E-state index in [2.05, 4.69) is 0 Å². The number of rotatable bonds is 1. The van der Waals surface area contributed by atoms with Crippen molar-refractivity contribution in [1.29, 1.82) is 0 Å². The van der Waals surface area contributed by atoms with Gasteiger partial charge >= 0.3 is 0 Å². The molecule has 0 unspecified atom stereocenters. The van der Waals surface area contributed by atoms with Crippen molar-refractivity contribution in [3.63, 3.8) is 0 Å². The lowest BCUT2D eigenvalue weighted by Gasteiger charge is -2.16. The Bertz CT molecular complexity index is 519. The van der Waals surface area contributed by atoms with Gasteiger partial charge in [0.2, 0.25) is 0 Å². The van der Waals surface area contributed by atoms with Gasteiger partial charge in [0, 0.05) is 16.2 Å². The molecule has 2 amide bonds. The van der Waals surface area contributed by atoms with E-state index in [0.717, 1.165) is 19.3 Å². The Hall–Kier alpha value is -1.61. The molecular formula is C13H10ClNO2. The Labute approximate surface area is 104 Å². The summed E-state index contributed by atoms with van der Waals surface area (Å²) in [5, 5.41) is 0.591. The van der Waals surface area contributed by atoms with Crippen LogP contribution in [-0.2, 0) is 9.59 Å². The van der Waals surface area contributed by atoms with Crippen molar-refractivity contribution >= 4 is 29.1 Å². The Morgan fingerprint density at radius 2 is 1.47 bits per heavy atom. The third kappa shape index (κ3) is 1.50. The summed E-state index contributed by atoms with van der Waals surface area (Å²) in [6.07, 6.45) is 2.37. The molecule has 1 heterocycles. The molecular weight excluding hydrogens is 238 g/mol. The quantitative estimate of drug-likeness (QED) is 0.716.